The second kappa shape index (κ2) is 8.59. The van der Waals surface area contributed by atoms with E-state index in [4.69, 9.17) is 5.26 Å². The van der Waals surface area contributed by atoms with E-state index in [2.05, 4.69) is 10.6 Å². The number of nitrogens with one attached hydrogen (secondary N) is 2. The van der Waals surface area contributed by atoms with Crippen LogP contribution in [0.25, 0.3) is 0 Å². The second-order valence-electron chi connectivity index (χ2n) is 7.26. The van der Waals surface area contributed by atoms with Crippen molar-refractivity contribution in [3.05, 3.63) is 54.1 Å². The zero-order valence-corrected chi connectivity index (χ0v) is 16.9. The van der Waals surface area contributed by atoms with Gasteiger partial charge in [-0.1, -0.05) is 12.1 Å². The third-order valence-corrected chi connectivity index (χ3v) is 6.57. The van der Waals surface area contributed by atoms with Crippen LogP contribution in [0.3, 0.4) is 0 Å². The molecule has 0 saturated carbocycles. The number of nitrogens with zero attached hydrogens (tertiary/aromatic N) is 2. The summed E-state index contributed by atoms with van der Waals surface area (Å²) in [4.78, 5) is 40.4. The van der Waals surface area contributed by atoms with Crippen molar-refractivity contribution < 1.29 is 14.4 Å². The maximum Gasteiger partial charge on any atom is 0.247 e. The Labute approximate surface area is 178 Å². The molecule has 2 N–H and O–H groups in total. The summed E-state index contributed by atoms with van der Waals surface area (Å²) in [6, 6.07) is 16.2. The number of amides is 3. The van der Waals surface area contributed by atoms with Crippen molar-refractivity contribution in [2.24, 2.45) is 5.92 Å². The number of anilines is 2. The van der Waals surface area contributed by atoms with Gasteiger partial charge in [-0.15, -0.1) is 11.8 Å². The highest BCUT2D eigenvalue weighted by Crippen LogP contribution is 2.36. The Kier molecular flexibility index (Phi) is 5.72. The van der Waals surface area contributed by atoms with Gasteiger partial charge in [0.2, 0.25) is 17.7 Å². The minimum absolute atomic E-state index is 0.0921. The van der Waals surface area contributed by atoms with E-state index in [0.717, 1.165) is 10.6 Å². The SMILES string of the molecule is N#Cc1ccc(NC(=O)C2CCN(C(=O)[C@H]3Sc4ccccc4NC3=O)CC2)cc1. The van der Waals surface area contributed by atoms with Crippen molar-refractivity contribution >= 4 is 40.9 Å². The van der Waals surface area contributed by atoms with Crippen LogP contribution < -0.4 is 10.6 Å². The average molecular weight is 420 g/mol. The van der Waals surface area contributed by atoms with Crippen LogP contribution in [0.4, 0.5) is 11.4 Å². The number of hydrogen-bond donors (Lipinski definition) is 2. The molecule has 4 rings (SSSR count). The molecule has 7 nitrogen and oxygen atoms in total. The number of thioether (sulfide) groups is 1. The summed E-state index contributed by atoms with van der Waals surface area (Å²) in [5.41, 5.74) is 1.91. The molecule has 1 atom stereocenters. The van der Waals surface area contributed by atoms with E-state index in [9.17, 15) is 14.4 Å². The number of carbonyl (C=O) groups is 3. The summed E-state index contributed by atoms with van der Waals surface area (Å²) in [5, 5.41) is 13.7. The lowest BCUT2D eigenvalue weighted by atomic mass is 9.95. The fourth-order valence-corrected chi connectivity index (χ4v) is 4.69. The van der Waals surface area contributed by atoms with E-state index in [-0.39, 0.29) is 23.6 Å². The molecule has 2 aromatic rings. The topological polar surface area (TPSA) is 102 Å². The molecule has 0 radical (unpaired) electrons. The maximum absolute atomic E-state index is 12.9. The third kappa shape index (κ3) is 4.16. The number of likely N-dealkylation sites (tertiary alicyclic amines) is 1. The first kappa shape index (κ1) is 20.0. The molecular formula is C22H20N4O3S. The Bertz CT molecular complexity index is 1020. The number of carbonyl (C=O) groups excluding carboxylic acids is 3. The Morgan fingerprint density at radius 3 is 2.50 bits per heavy atom. The molecule has 2 aliphatic heterocycles. The monoisotopic (exact) mass is 420 g/mol. The molecule has 2 aromatic carbocycles. The quantitative estimate of drug-likeness (QED) is 0.744. The Balaban J connectivity index is 1.32. The Morgan fingerprint density at radius 2 is 1.80 bits per heavy atom. The first-order valence-corrected chi connectivity index (χ1v) is 10.6. The lowest BCUT2D eigenvalue weighted by Gasteiger charge is -2.34. The largest absolute Gasteiger partial charge is 0.341 e. The van der Waals surface area contributed by atoms with Crippen LogP contribution in [0, 0.1) is 17.2 Å². The number of benzene rings is 2. The fraction of sp³-hybridized carbons (Fsp3) is 0.273. The van der Waals surface area contributed by atoms with Crippen molar-refractivity contribution in [2.45, 2.75) is 23.0 Å². The fourth-order valence-electron chi connectivity index (χ4n) is 3.61. The molecular weight excluding hydrogens is 400 g/mol. The molecule has 0 unspecified atom stereocenters. The normalized spacial score (nSPS) is 18.7. The number of para-hydroxylation sites is 1. The third-order valence-electron chi connectivity index (χ3n) is 5.31. The van der Waals surface area contributed by atoms with E-state index in [0.29, 0.717) is 37.2 Å². The molecule has 0 spiro atoms. The van der Waals surface area contributed by atoms with Gasteiger partial charge in [0.05, 0.1) is 17.3 Å². The van der Waals surface area contributed by atoms with Gasteiger partial charge in [0.1, 0.15) is 0 Å². The Hall–Kier alpha value is -3.31. The van der Waals surface area contributed by atoms with Crippen LogP contribution in [0.2, 0.25) is 0 Å². The molecule has 30 heavy (non-hydrogen) atoms. The smallest absolute Gasteiger partial charge is 0.247 e. The molecule has 0 aliphatic carbocycles. The van der Waals surface area contributed by atoms with Gasteiger partial charge in [-0.05, 0) is 49.2 Å². The van der Waals surface area contributed by atoms with Crippen LogP contribution in [0.15, 0.2) is 53.4 Å². The van der Waals surface area contributed by atoms with Crippen molar-refractivity contribution in [3.63, 3.8) is 0 Å². The highest BCUT2D eigenvalue weighted by Gasteiger charge is 2.37. The number of piperidine rings is 1. The maximum atomic E-state index is 12.9. The average Bonchev–Trinajstić information content (AvgIpc) is 2.78. The molecule has 0 bridgehead atoms. The predicted octanol–water partition coefficient (Wildman–Crippen LogP) is 2.85. The van der Waals surface area contributed by atoms with E-state index >= 15 is 0 Å². The van der Waals surface area contributed by atoms with E-state index in [1.807, 2.05) is 30.3 Å². The summed E-state index contributed by atoms with van der Waals surface area (Å²) in [5.74, 6) is -0.800. The van der Waals surface area contributed by atoms with Crippen LogP contribution in [-0.2, 0) is 14.4 Å². The molecule has 0 aromatic heterocycles. The van der Waals surface area contributed by atoms with Crippen LogP contribution >= 0.6 is 11.8 Å². The number of fused-ring (bicyclic) bond motifs is 1. The lowest BCUT2D eigenvalue weighted by molar-refractivity contribution is -0.136. The van der Waals surface area contributed by atoms with Crippen molar-refractivity contribution in [3.8, 4) is 6.07 Å². The minimum Gasteiger partial charge on any atom is -0.341 e. The highest BCUT2D eigenvalue weighted by atomic mass is 32.2. The van der Waals surface area contributed by atoms with E-state index in [1.54, 1.807) is 29.2 Å². The van der Waals surface area contributed by atoms with Crippen LogP contribution in [-0.4, -0.2) is 41.0 Å². The van der Waals surface area contributed by atoms with Gasteiger partial charge < -0.3 is 15.5 Å². The summed E-state index contributed by atoms with van der Waals surface area (Å²) < 4.78 is 0. The summed E-state index contributed by atoms with van der Waals surface area (Å²) >= 11 is 1.27. The first-order valence-electron chi connectivity index (χ1n) is 9.71. The lowest BCUT2D eigenvalue weighted by Crippen LogP contribution is -2.48. The van der Waals surface area contributed by atoms with Gasteiger partial charge in [-0.3, -0.25) is 14.4 Å². The van der Waals surface area contributed by atoms with Gasteiger partial charge in [0, 0.05) is 29.6 Å². The van der Waals surface area contributed by atoms with Crippen LogP contribution in [0.1, 0.15) is 18.4 Å². The predicted molar refractivity (Wildman–Crippen MR) is 114 cm³/mol. The van der Waals surface area contributed by atoms with Gasteiger partial charge in [-0.25, -0.2) is 0 Å². The van der Waals surface area contributed by atoms with Crippen molar-refractivity contribution in [2.75, 3.05) is 23.7 Å². The van der Waals surface area contributed by atoms with Crippen LogP contribution in [0.5, 0.6) is 0 Å². The van der Waals surface area contributed by atoms with E-state index < -0.39 is 5.25 Å². The summed E-state index contributed by atoms with van der Waals surface area (Å²) in [7, 11) is 0. The van der Waals surface area contributed by atoms with Gasteiger partial charge in [-0.2, -0.15) is 5.26 Å². The minimum atomic E-state index is -0.802. The molecule has 2 aliphatic rings. The number of rotatable bonds is 3. The molecule has 152 valence electrons. The van der Waals surface area contributed by atoms with Gasteiger partial charge in [0.25, 0.3) is 0 Å². The van der Waals surface area contributed by atoms with Crippen molar-refractivity contribution in [1.29, 1.82) is 5.26 Å². The standard InChI is InChI=1S/C22H20N4O3S/c23-13-14-5-7-16(8-6-14)24-20(27)15-9-11-26(12-10-15)22(29)19-21(28)25-17-3-1-2-4-18(17)30-19/h1-8,15,19H,9-12H2,(H,24,27)(H,25,28)/t19-/m0/s1. The zero-order chi connectivity index (χ0) is 21.1. The molecule has 3 amide bonds. The van der Waals surface area contributed by atoms with Crippen molar-refractivity contribution in [1.82, 2.24) is 4.90 Å². The first-order chi connectivity index (χ1) is 14.5. The number of hydrogen-bond acceptors (Lipinski definition) is 5. The van der Waals surface area contributed by atoms with Gasteiger partial charge in [0.15, 0.2) is 5.25 Å². The van der Waals surface area contributed by atoms with Gasteiger partial charge >= 0.3 is 0 Å². The molecule has 8 heteroatoms. The second-order valence-corrected chi connectivity index (χ2v) is 8.41. The number of nitriles is 1. The summed E-state index contributed by atoms with van der Waals surface area (Å²) in [6.45, 7) is 0.882. The molecule has 2 heterocycles. The highest BCUT2D eigenvalue weighted by molar-refractivity contribution is 8.01. The zero-order valence-electron chi connectivity index (χ0n) is 16.1. The molecule has 1 saturated heterocycles. The molecule has 1 fully saturated rings. The summed E-state index contributed by atoms with van der Waals surface area (Å²) in [6.07, 6.45) is 1.09. The van der Waals surface area contributed by atoms with E-state index in [1.165, 1.54) is 11.8 Å². The Morgan fingerprint density at radius 1 is 1.10 bits per heavy atom.